The van der Waals surface area contributed by atoms with Crippen LogP contribution in [0.1, 0.15) is 18.3 Å². The van der Waals surface area contributed by atoms with E-state index in [9.17, 15) is 4.79 Å². The summed E-state index contributed by atoms with van der Waals surface area (Å²) >= 11 is 6.32. The van der Waals surface area contributed by atoms with Gasteiger partial charge < -0.3 is 9.88 Å². The minimum absolute atomic E-state index is 0.131. The van der Waals surface area contributed by atoms with Gasteiger partial charge in [0.25, 0.3) is 0 Å². The van der Waals surface area contributed by atoms with E-state index in [4.69, 9.17) is 16.6 Å². The molecule has 4 nitrogen and oxygen atoms in total. The topological polar surface area (TPSA) is 46.9 Å². The molecule has 0 aliphatic rings. The molecule has 3 aromatic rings. The molecule has 0 saturated heterocycles. The van der Waals surface area contributed by atoms with Gasteiger partial charge in [0.1, 0.15) is 5.82 Å². The molecule has 5 heteroatoms. The molecule has 25 heavy (non-hydrogen) atoms. The molecule has 2 aromatic carbocycles. The van der Waals surface area contributed by atoms with Crippen molar-refractivity contribution in [3.05, 3.63) is 77.1 Å². The van der Waals surface area contributed by atoms with Gasteiger partial charge in [0.15, 0.2) is 0 Å². The summed E-state index contributed by atoms with van der Waals surface area (Å²) in [6, 6.07) is 15.8. The van der Waals surface area contributed by atoms with E-state index in [1.54, 1.807) is 6.92 Å². The lowest BCUT2D eigenvalue weighted by molar-refractivity contribution is -0.117. The molecule has 1 heterocycles. The molecule has 1 aromatic heterocycles. The van der Waals surface area contributed by atoms with Crippen LogP contribution in [-0.4, -0.2) is 22.0 Å². The molecule has 0 aliphatic heterocycles. The lowest BCUT2D eigenvalue weighted by Gasteiger charge is -2.11. The minimum atomic E-state index is -0.131. The summed E-state index contributed by atoms with van der Waals surface area (Å²) in [5, 5.41) is 3.60. The number of aromatic nitrogens is 2. The summed E-state index contributed by atoms with van der Waals surface area (Å²) in [5.74, 6) is 0.789. The van der Waals surface area contributed by atoms with E-state index in [-0.39, 0.29) is 5.91 Å². The van der Waals surface area contributed by atoms with E-state index in [0.29, 0.717) is 25.1 Å². The molecule has 0 spiro atoms. The first-order valence-corrected chi connectivity index (χ1v) is 8.55. The second kappa shape index (κ2) is 7.53. The molecule has 0 aliphatic carbocycles. The summed E-state index contributed by atoms with van der Waals surface area (Å²) in [4.78, 5) is 16.4. The van der Waals surface area contributed by atoms with Crippen molar-refractivity contribution in [2.24, 2.45) is 0 Å². The fourth-order valence-electron chi connectivity index (χ4n) is 2.73. The van der Waals surface area contributed by atoms with Gasteiger partial charge in [0.05, 0.1) is 17.6 Å². The number of hydrogen-bond acceptors (Lipinski definition) is 2. The second-order valence-corrected chi connectivity index (χ2v) is 6.39. The van der Waals surface area contributed by atoms with Gasteiger partial charge in [0, 0.05) is 23.6 Å². The number of hydrogen-bond donors (Lipinski definition) is 1. The Morgan fingerprint density at radius 2 is 1.92 bits per heavy atom. The molecule has 0 atom stereocenters. The Bertz CT molecular complexity index is 930. The Kier molecular flexibility index (Phi) is 5.19. The number of carbonyl (C=O) groups is 1. The Hall–Kier alpha value is -2.59. The lowest BCUT2D eigenvalue weighted by atomic mass is 10.2. The van der Waals surface area contributed by atoms with Gasteiger partial charge in [-0.1, -0.05) is 48.5 Å². The first kappa shape index (κ1) is 17.2. The predicted molar refractivity (Wildman–Crippen MR) is 102 cm³/mol. The van der Waals surface area contributed by atoms with Crippen LogP contribution >= 0.6 is 11.6 Å². The Labute approximate surface area is 152 Å². The first-order chi connectivity index (χ1) is 12.1. The lowest BCUT2D eigenvalue weighted by Crippen LogP contribution is -2.26. The number of benzene rings is 2. The van der Waals surface area contributed by atoms with E-state index >= 15 is 0 Å². The number of imidazole rings is 1. The number of halogens is 1. The fraction of sp³-hybridized carbons (Fsp3) is 0.200. The number of nitrogens with one attached hydrogen (secondary N) is 1. The van der Waals surface area contributed by atoms with Gasteiger partial charge in [0.2, 0.25) is 5.91 Å². The van der Waals surface area contributed by atoms with Crippen molar-refractivity contribution in [1.29, 1.82) is 0 Å². The summed E-state index contributed by atoms with van der Waals surface area (Å²) in [6.07, 6.45) is 0.637. The van der Waals surface area contributed by atoms with Gasteiger partial charge in [-0.05, 0) is 30.7 Å². The van der Waals surface area contributed by atoms with Crippen LogP contribution < -0.4 is 5.32 Å². The summed E-state index contributed by atoms with van der Waals surface area (Å²) < 4.78 is 2.16. The Morgan fingerprint density at radius 1 is 1.20 bits per heavy atom. The molecule has 3 rings (SSSR count). The van der Waals surface area contributed by atoms with Crippen LogP contribution in [0.2, 0.25) is 5.02 Å². The van der Waals surface area contributed by atoms with E-state index in [1.807, 2.05) is 42.5 Å². The van der Waals surface area contributed by atoms with Crippen molar-refractivity contribution >= 4 is 28.5 Å². The molecular formula is C20H20ClN3O. The van der Waals surface area contributed by atoms with Gasteiger partial charge >= 0.3 is 0 Å². The van der Waals surface area contributed by atoms with Crippen molar-refractivity contribution < 1.29 is 4.79 Å². The third-order valence-electron chi connectivity index (χ3n) is 4.04. The van der Waals surface area contributed by atoms with Gasteiger partial charge in [-0.25, -0.2) is 4.98 Å². The smallest absolute Gasteiger partial charge is 0.246 e. The molecule has 0 fully saturated rings. The number of rotatable bonds is 6. The molecule has 1 N–H and O–H groups in total. The quantitative estimate of drug-likeness (QED) is 0.681. The SMILES string of the molecule is C=C(C)C(=O)NCCc1nc2ccccc2n1Cc1ccccc1Cl. The maximum atomic E-state index is 11.7. The molecular weight excluding hydrogens is 334 g/mol. The zero-order chi connectivity index (χ0) is 17.8. The highest BCUT2D eigenvalue weighted by Gasteiger charge is 2.12. The van der Waals surface area contributed by atoms with Crippen molar-refractivity contribution in [2.45, 2.75) is 19.9 Å². The summed E-state index contributed by atoms with van der Waals surface area (Å²) in [7, 11) is 0. The van der Waals surface area contributed by atoms with Crippen molar-refractivity contribution in [2.75, 3.05) is 6.54 Å². The van der Waals surface area contributed by atoms with Crippen molar-refractivity contribution in [3.63, 3.8) is 0 Å². The number of carbonyl (C=O) groups excluding carboxylic acids is 1. The van der Waals surface area contributed by atoms with Crippen LogP contribution in [0.3, 0.4) is 0 Å². The largest absolute Gasteiger partial charge is 0.352 e. The number of para-hydroxylation sites is 2. The maximum Gasteiger partial charge on any atom is 0.246 e. The van der Waals surface area contributed by atoms with Gasteiger partial charge in [-0.3, -0.25) is 4.79 Å². The highest BCUT2D eigenvalue weighted by Crippen LogP contribution is 2.22. The van der Waals surface area contributed by atoms with Crippen LogP contribution in [0.25, 0.3) is 11.0 Å². The average Bonchev–Trinajstić information content (AvgIpc) is 2.94. The minimum Gasteiger partial charge on any atom is -0.352 e. The molecule has 0 saturated carbocycles. The predicted octanol–water partition coefficient (Wildman–Crippen LogP) is 3.97. The first-order valence-electron chi connectivity index (χ1n) is 8.17. The maximum absolute atomic E-state index is 11.7. The fourth-order valence-corrected chi connectivity index (χ4v) is 2.92. The van der Waals surface area contributed by atoms with Gasteiger partial charge in [-0.2, -0.15) is 0 Å². The van der Waals surface area contributed by atoms with E-state index in [2.05, 4.69) is 22.5 Å². The zero-order valence-electron chi connectivity index (χ0n) is 14.1. The van der Waals surface area contributed by atoms with Crippen LogP contribution in [0, 0.1) is 0 Å². The van der Waals surface area contributed by atoms with Crippen LogP contribution in [0.15, 0.2) is 60.7 Å². The molecule has 1 amide bonds. The van der Waals surface area contributed by atoms with E-state index < -0.39 is 0 Å². The molecule has 128 valence electrons. The third-order valence-corrected chi connectivity index (χ3v) is 4.41. The third kappa shape index (κ3) is 3.91. The Morgan fingerprint density at radius 3 is 2.68 bits per heavy atom. The Balaban J connectivity index is 1.88. The second-order valence-electron chi connectivity index (χ2n) is 5.98. The van der Waals surface area contributed by atoms with Gasteiger partial charge in [-0.15, -0.1) is 0 Å². The normalized spacial score (nSPS) is 10.8. The van der Waals surface area contributed by atoms with Crippen molar-refractivity contribution in [1.82, 2.24) is 14.9 Å². The summed E-state index contributed by atoms with van der Waals surface area (Å²) in [6.45, 7) is 6.50. The van der Waals surface area contributed by atoms with Crippen LogP contribution in [-0.2, 0) is 17.8 Å². The molecule has 0 unspecified atom stereocenters. The van der Waals surface area contributed by atoms with Crippen LogP contribution in [0.5, 0.6) is 0 Å². The zero-order valence-corrected chi connectivity index (χ0v) is 14.9. The molecule has 0 radical (unpaired) electrons. The number of amides is 1. The van der Waals surface area contributed by atoms with E-state index in [1.165, 1.54) is 0 Å². The van der Waals surface area contributed by atoms with Crippen molar-refractivity contribution in [3.8, 4) is 0 Å². The number of fused-ring (bicyclic) bond motifs is 1. The van der Waals surface area contributed by atoms with E-state index in [0.717, 1.165) is 27.4 Å². The monoisotopic (exact) mass is 353 g/mol. The highest BCUT2D eigenvalue weighted by molar-refractivity contribution is 6.31. The standard InChI is InChI=1S/C20H20ClN3O/c1-14(2)20(25)22-12-11-19-23-17-9-5-6-10-18(17)24(19)13-15-7-3-4-8-16(15)21/h3-10H,1,11-13H2,2H3,(H,22,25). The van der Waals surface area contributed by atoms with Crippen LogP contribution in [0.4, 0.5) is 0 Å². The highest BCUT2D eigenvalue weighted by atomic mass is 35.5. The summed E-state index contributed by atoms with van der Waals surface area (Å²) in [5.41, 5.74) is 3.54. The number of nitrogens with zero attached hydrogens (tertiary/aromatic N) is 2. The molecule has 0 bridgehead atoms. The average molecular weight is 354 g/mol.